The van der Waals surface area contributed by atoms with Crippen LogP contribution >= 0.6 is 11.6 Å². The third kappa shape index (κ3) is 1.71. The molecule has 1 aliphatic heterocycles. The Hall–Kier alpha value is 0.170. The number of hydroxylamine groups is 2. The summed E-state index contributed by atoms with van der Waals surface area (Å²) in [6.07, 6.45) is -0.0729. The van der Waals surface area contributed by atoms with Gasteiger partial charge in [0.1, 0.15) is 0 Å². The summed E-state index contributed by atoms with van der Waals surface area (Å²) in [5, 5.41) is 20.4. The normalized spacial score (nSPS) is 39.0. The second-order valence-electron chi connectivity index (χ2n) is 4.95. The van der Waals surface area contributed by atoms with Gasteiger partial charge in [-0.25, -0.2) is 0 Å². The molecule has 0 spiro atoms. The van der Waals surface area contributed by atoms with Crippen molar-refractivity contribution in [1.29, 1.82) is 0 Å². The summed E-state index contributed by atoms with van der Waals surface area (Å²) < 4.78 is 0. The molecule has 4 heteroatoms. The standard InChI is InChI=1S/C9H18ClNO2/c1-8(2)5-6(12)7(10)9(3,4)11(8)13/h6-7,12-13H,5H2,1-4H3. The molecule has 0 saturated carbocycles. The molecule has 0 bridgehead atoms. The van der Waals surface area contributed by atoms with Crippen LogP contribution in [0.4, 0.5) is 0 Å². The smallest absolute Gasteiger partial charge is 0.0797 e. The highest BCUT2D eigenvalue weighted by atomic mass is 35.5. The lowest BCUT2D eigenvalue weighted by atomic mass is 9.80. The highest BCUT2D eigenvalue weighted by Gasteiger charge is 2.50. The molecule has 0 aromatic heterocycles. The van der Waals surface area contributed by atoms with Crippen molar-refractivity contribution in [2.45, 2.75) is 56.7 Å². The van der Waals surface area contributed by atoms with E-state index in [0.717, 1.165) is 0 Å². The van der Waals surface area contributed by atoms with Crippen LogP contribution in [0.5, 0.6) is 0 Å². The number of hydrogen-bond donors (Lipinski definition) is 2. The van der Waals surface area contributed by atoms with Crippen LogP contribution in [0.2, 0.25) is 0 Å². The van der Waals surface area contributed by atoms with Crippen LogP contribution < -0.4 is 0 Å². The second kappa shape index (κ2) is 3.09. The summed E-state index contributed by atoms with van der Waals surface area (Å²) in [4.78, 5) is 0. The molecule has 0 aromatic rings. The van der Waals surface area contributed by atoms with Gasteiger partial charge in [-0.15, -0.1) is 11.6 Å². The molecule has 0 aromatic carbocycles. The minimum absolute atomic E-state index is 0.422. The first-order chi connectivity index (χ1) is 5.69. The molecular formula is C9H18ClNO2. The van der Waals surface area contributed by atoms with E-state index >= 15 is 0 Å². The molecule has 78 valence electrons. The Morgan fingerprint density at radius 1 is 1.31 bits per heavy atom. The first-order valence-electron chi connectivity index (χ1n) is 4.51. The van der Waals surface area contributed by atoms with E-state index in [1.165, 1.54) is 5.06 Å². The van der Waals surface area contributed by atoms with Gasteiger partial charge < -0.3 is 10.3 Å². The molecule has 0 radical (unpaired) electrons. The summed E-state index contributed by atoms with van der Waals surface area (Å²) >= 11 is 6.03. The average Bonchev–Trinajstić information content (AvgIpc) is 1.98. The van der Waals surface area contributed by atoms with Crippen molar-refractivity contribution in [3.05, 3.63) is 0 Å². The fourth-order valence-electron chi connectivity index (χ4n) is 2.07. The minimum Gasteiger partial charge on any atom is -0.391 e. The molecular weight excluding hydrogens is 190 g/mol. The molecule has 2 N–H and O–H groups in total. The van der Waals surface area contributed by atoms with Crippen LogP contribution in [0, 0.1) is 0 Å². The topological polar surface area (TPSA) is 43.7 Å². The zero-order valence-electron chi connectivity index (χ0n) is 8.58. The maximum Gasteiger partial charge on any atom is 0.0797 e. The van der Waals surface area contributed by atoms with Crippen molar-refractivity contribution in [2.75, 3.05) is 0 Å². The highest BCUT2D eigenvalue weighted by molar-refractivity contribution is 6.22. The molecule has 1 rings (SSSR count). The van der Waals surface area contributed by atoms with Crippen molar-refractivity contribution in [1.82, 2.24) is 5.06 Å². The molecule has 2 unspecified atom stereocenters. The van der Waals surface area contributed by atoms with E-state index in [1.54, 1.807) is 0 Å². The molecule has 13 heavy (non-hydrogen) atoms. The summed E-state index contributed by atoms with van der Waals surface area (Å²) in [7, 11) is 0. The van der Waals surface area contributed by atoms with Crippen LogP contribution in [-0.4, -0.2) is 37.9 Å². The Morgan fingerprint density at radius 2 is 1.77 bits per heavy atom. The zero-order valence-corrected chi connectivity index (χ0v) is 9.34. The fourth-order valence-corrected chi connectivity index (χ4v) is 2.25. The predicted octanol–water partition coefficient (Wildman–Crippen LogP) is 1.61. The van der Waals surface area contributed by atoms with Crippen molar-refractivity contribution < 1.29 is 10.3 Å². The van der Waals surface area contributed by atoms with E-state index in [9.17, 15) is 10.3 Å². The SMILES string of the molecule is CC1(C)CC(O)C(Cl)C(C)(C)N1O. The largest absolute Gasteiger partial charge is 0.391 e. The van der Waals surface area contributed by atoms with Gasteiger partial charge in [0.05, 0.1) is 17.0 Å². The number of aliphatic hydroxyl groups is 1. The predicted molar refractivity (Wildman–Crippen MR) is 52.0 cm³/mol. The summed E-state index contributed by atoms with van der Waals surface area (Å²) in [5.41, 5.74) is -1.02. The highest BCUT2D eigenvalue weighted by Crippen LogP contribution is 2.39. The lowest BCUT2D eigenvalue weighted by Gasteiger charge is -2.52. The van der Waals surface area contributed by atoms with Gasteiger partial charge >= 0.3 is 0 Å². The zero-order chi connectivity index (χ0) is 10.4. The molecule has 1 saturated heterocycles. The first kappa shape index (κ1) is 11.2. The lowest BCUT2D eigenvalue weighted by molar-refractivity contribution is -0.254. The number of halogens is 1. The van der Waals surface area contributed by atoms with E-state index in [2.05, 4.69) is 0 Å². The molecule has 0 amide bonds. The van der Waals surface area contributed by atoms with Gasteiger partial charge in [0.2, 0.25) is 0 Å². The maximum atomic E-state index is 9.89. The fraction of sp³-hybridized carbons (Fsp3) is 1.00. The minimum atomic E-state index is -0.595. The number of aliphatic hydroxyl groups excluding tert-OH is 1. The molecule has 1 fully saturated rings. The Morgan fingerprint density at radius 3 is 2.23 bits per heavy atom. The van der Waals surface area contributed by atoms with Gasteiger partial charge in [-0.1, -0.05) is 0 Å². The second-order valence-corrected chi connectivity index (χ2v) is 5.42. The summed E-state index contributed by atoms with van der Waals surface area (Å²) in [6, 6.07) is 0. The third-order valence-electron chi connectivity index (χ3n) is 2.84. The molecule has 3 nitrogen and oxygen atoms in total. The van der Waals surface area contributed by atoms with Crippen molar-refractivity contribution >= 4 is 11.6 Å². The van der Waals surface area contributed by atoms with Crippen molar-refractivity contribution in [2.24, 2.45) is 0 Å². The van der Waals surface area contributed by atoms with Crippen LogP contribution in [0.1, 0.15) is 34.1 Å². The Kier molecular flexibility index (Phi) is 2.67. The molecule has 0 aliphatic carbocycles. The van der Waals surface area contributed by atoms with E-state index in [-0.39, 0.29) is 0 Å². The van der Waals surface area contributed by atoms with Crippen LogP contribution in [-0.2, 0) is 0 Å². The summed E-state index contributed by atoms with van der Waals surface area (Å²) in [6.45, 7) is 7.44. The lowest BCUT2D eigenvalue weighted by Crippen LogP contribution is -2.66. The Balaban J connectivity index is 2.96. The first-order valence-corrected chi connectivity index (χ1v) is 4.94. The number of piperidine rings is 1. The van der Waals surface area contributed by atoms with E-state index in [0.29, 0.717) is 6.42 Å². The van der Waals surface area contributed by atoms with E-state index in [1.807, 2.05) is 27.7 Å². The number of nitrogens with zero attached hydrogens (tertiary/aromatic N) is 1. The van der Waals surface area contributed by atoms with Crippen molar-refractivity contribution in [3.8, 4) is 0 Å². The number of alkyl halides is 1. The monoisotopic (exact) mass is 207 g/mol. The van der Waals surface area contributed by atoms with Crippen LogP contribution in [0.25, 0.3) is 0 Å². The van der Waals surface area contributed by atoms with Gasteiger partial charge in [0.15, 0.2) is 0 Å². The van der Waals surface area contributed by atoms with Crippen LogP contribution in [0.15, 0.2) is 0 Å². The van der Waals surface area contributed by atoms with Crippen LogP contribution in [0.3, 0.4) is 0 Å². The Labute approximate surface area is 84.3 Å². The molecule has 1 heterocycles. The van der Waals surface area contributed by atoms with E-state index < -0.39 is 22.6 Å². The molecule has 2 atom stereocenters. The summed E-state index contributed by atoms with van der Waals surface area (Å²) in [5.74, 6) is 0. The molecule has 1 aliphatic rings. The van der Waals surface area contributed by atoms with Gasteiger partial charge in [0, 0.05) is 5.54 Å². The van der Waals surface area contributed by atoms with Gasteiger partial charge in [-0.2, -0.15) is 5.06 Å². The average molecular weight is 208 g/mol. The van der Waals surface area contributed by atoms with Gasteiger partial charge in [-0.3, -0.25) is 0 Å². The third-order valence-corrected chi connectivity index (χ3v) is 3.67. The maximum absolute atomic E-state index is 9.89. The van der Waals surface area contributed by atoms with Gasteiger partial charge in [-0.05, 0) is 34.1 Å². The van der Waals surface area contributed by atoms with Crippen molar-refractivity contribution in [3.63, 3.8) is 0 Å². The number of rotatable bonds is 0. The quantitative estimate of drug-likeness (QED) is 0.594. The van der Waals surface area contributed by atoms with E-state index in [4.69, 9.17) is 11.6 Å². The number of hydrogen-bond acceptors (Lipinski definition) is 3. The van der Waals surface area contributed by atoms with Gasteiger partial charge in [0.25, 0.3) is 0 Å². The Bertz CT molecular complexity index is 206.